The third-order valence-corrected chi connectivity index (χ3v) is 4.61. The number of amides is 1. The summed E-state index contributed by atoms with van der Waals surface area (Å²) in [5, 5.41) is 0. The van der Waals surface area contributed by atoms with Crippen molar-refractivity contribution in [3.05, 3.63) is 30.2 Å². The van der Waals surface area contributed by atoms with Crippen LogP contribution in [0.1, 0.15) is 38.2 Å². The van der Waals surface area contributed by atoms with Crippen molar-refractivity contribution in [2.24, 2.45) is 0 Å². The molecule has 2 aliphatic rings. The molecule has 2 bridgehead atoms. The van der Waals surface area contributed by atoms with Crippen LogP contribution in [0.5, 0.6) is 0 Å². The number of nitrogens with zero attached hydrogens (tertiary/aromatic N) is 2. The highest BCUT2D eigenvalue weighted by molar-refractivity contribution is 5.76. The fraction of sp³-hybridized carbons (Fsp3) is 0.588. The quantitative estimate of drug-likeness (QED) is 0.855. The van der Waals surface area contributed by atoms with Crippen molar-refractivity contribution in [1.29, 1.82) is 0 Å². The molecule has 0 saturated carbocycles. The van der Waals surface area contributed by atoms with E-state index in [9.17, 15) is 4.79 Å². The van der Waals surface area contributed by atoms with Gasteiger partial charge >= 0.3 is 0 Å². The molecule has 2 aliphatic heterocycles. The third kappa shape index (κ3) is 3.21. The highest BCUT2D eigenvalue weighted by Gasteiger charge is 2.38. The van der Waals surface area contributed by atoms with Crippen molar-refractivity contribution in [2.45, 2.75) is 44.7 Å². The molecule has 0 spiro atoms. The Kier molecular flexibility index (Phi) is 4.44. The Labute approximate surface area is 126 Å². The molecule has 4 nitrogen and oxygen atoms in total. The molecule has 2 unspecified atom stereocenters. The molecule has 1 aromatic rings. The minimum absolute atomic E-state index is 0.332. The van der Waals surface area contributed by atoms with E-state index in [0.717, 1.165) is 38.0 Å². The van der Waals surface area contributed by atoms with E-state index in [1.165, 1.54) is 6.42 Å². The van der Waals surface area contributed by atoms with Gasteiger partial charge in [-0.2, -0.15) is 0 Å². The van der Waals surface area contributed by atoms with Crippen molar-refractivity contribution < 1.29 is 9.21 Å². The van der Waals surface area contributed by atoms with E-state index in [2.05, 4.69) is 22.0 Å². The molecule has 0 aromatic carbocycles. The second-order valence-corrected chi connectivity index (χ2v) is 6.07. The van der Waals surface area contributed by atoms with E-state index < -0.39 is 0 Å². The van der Waals surface area contributed by atoms with Gasteiger partial charge in [0.1, 0.15) is 0 Å². The number of carbonyl (C=O) groups is 1. The molecular weight excluding hydrogens is 264 g/mol. The Hall–Kier alpha value is -1.55. The van der Waals surface area contributed by atoms with Gasteiger partial charge in [0.25, 0.3) is 0 Å². The van der Waals surface area contributed by atoms with Gasteiger partial charge in [-0.05, 0) is 25.3 Å². The second-order valence-electron chi connectivity index (χ2n) is 6.07. The van der Waals surface area contributed by atoms with Crippen LogP contribution in [0.25, 0.3) is 6.08 Å². The highest BCUT2D eigenvalue weighted by atomic mass is 16.3. The average molecular weight is 288 g/mol. The van der Waals surface area contributed by atoms with E-state index >= 15 is 0 Å². The van der Waals surface area contributed by atoms with Crippen LogP contribution >= 0.6 is 0 Å². The lowest BCUT2D eigenvalue weighted by molar-refractivity contribution is -0.142. The first kappa shape index (κ1) is 14.4. The van der Waals surface area contributed by atoms with Crippen LogP contribution in [-0.2, 0) is 4.79 Å². The number of hydrogen-bond acceptors (Lipinski definition) is 3. The van der Waals surface area contributed by atoms with Crippen LogP contribution in [0, 0.1) is 0 Å². The van der Waals surface area contributed by atoms with Gasteiger partial charge < -0.3 is 9.32 Å². The maximum Gasteiger partial charge on any atom is 0.222 e. The van der Waals surface area contributed by atoms with Gasteiger partial charge in [0.2, 0.25) is 5.91 Å². The number of piperidine rings is 1. The summed E-state index contributed by atoms with van der Waals surface area (Å²) in [6, 6.07) is 2.81. The molecule has 1 aromatic heterocycles. The zero-order chi connectivity index (χ0) is 14.7. The molecule has 0 aliphatic carbocycles. The zero-order valence-electron chi connectivity index (χ0n) is 12.7. The molecule has 2 fully saturated rings. The number of likely N-dealkylation sites (tertiary alicyclic amines) is 1. The SMILES string of the molecule is CCC(=O)N1C2CCCC1CN(C/C=C/c1ccoc1)C2. The Morgan fingerprint density at radius 1 is 1.38 bits per heavy atom. The van der Waals surface area contributed by atoms with Crippen LogP contribution in [0.4, 0.5) is 0 Å². The molecule has 2 saturated heterocycles. The predicted molar refractivity (Wildman–Crippen MR) is 82.7 cm³/mol. The van der Waals surface area contributed by atoms with Crippen molar-refractivity contribution in [1.82, 2.24) is 9.80 Å². The predicted octanol–water partition coefficient (Wildman–Crippen LogP) is 2.77. The smallest absolute Gasteiger partial charge is 0.222 e. The first-order valence-corrected chi connectivity index (χ1v) is 8.00. The van der Waals surface area contributed by atoms with Gasteiger partial charge in [0.05, 0.1) is 12.5 Å². The lowest BCUT2D eigenvalue weighted by Crippen LogP contribution is -2.62. The second kappa shape index (κ2) is 6.48. The van der Waals surface area contributed by atoms with E-state index in [0.29, 0.717) is 24.4 Å². The van der Waals surface area contributed by atoms with Crippen molar-refractivity contribution in [2.75, 3.05) is 19.6 Å². The molecule has 114 valence electrons. The molecule has 3 heterocycles. The van der Waals surface area contributed by atoms with Crippen LogP contribution < -0.4 is 0 Å². The summed E-state index contributed by atoms with van der Waals surface area (Å²) in [7, 11) is 0. The fourth-order valence-corrected chi connectivity index (χ4v) is 3.64. The Morgan fingerprint density at radius 2 is 2.14 bits per heavy atom. The molecule has 21 heavy (non-hydrogen) atoms. The van der Waals surface area contributed by atoms with Crippen LogP contribution in [0.3, 0.4) is 0 Å². The number of furan rings is 1. The minimum Gasteiger partial charge on any atom is -0.472 e. The lowest BCUT2D eigenvalue weighted by Gasteiger charge is -2.50. The maximum atomic E-state index is 12.1. The summed E-state index contributed by atoms with van der Waals surface area (Å²) in [6.07, 6.45) is 12.0. The summed E-state index contributed by atoms with van der Waals surface area (Å²) in [5.74, 6) is 0.332. The van der Waals surface area contributed by atoms with E-state index in [-0.39, 0.29) is 0 Å². The first-order valence-electron chi connectivity index (χ1n) is 8.00. The maximum absolute atomic E-state index is 12.1. The van der Waals surface area contributed by atoms with E-state index in [4.69, 9.17) is 4.42 Å². The minimum atomic E-state index is 0.332. The molecule has 1 amide bonds. The molecule has 4 heteroatoms. The van der Waals surface area contributed by atoms with E-state index in [1.54, 1.807) is 12.5 Å². The number of fused-ring (bicyclic) bond motifs is 2. The monoisotopic (exact) mass is 288 g/mol. The summed E-state index contributed by atoms with van der Waals surface area (Å²) < 4.78 is 5.06. The topological polar surface area (TPSA) is 36.7 Å². The third-order valence-electron chi connectivity index (χ3n) is 4.61. The van der Waals surface area contributed by atoms with E-state index in [1.807, 2.05) is 13.0 Å². The van der Waals surface area contributed by atoms with Crippen LogP contribution in [-0.4, -0.2) is 47.4 Å². The normalized spacial score (nSPS) is 26.4. The first-order chi connectivity index (χ1) is 10.3. The summed E-state index contributed by atoms with van der Waals surface area (Å²) in [5.41, 5.74) is 1.11. The van der Waals surface area contributed by atoms with Crippen molar-refractivity contribution in [3.63, 3.8) is 0 Å². The highest BCUT2D eigenvalue weighted by Crippen LogP contribution is 2.29. The van der Waals surface area contributed by atoms with Crippen molar-refractivity contribution >= 4 is 12.0 Å². The van der Waals surface area contributed by atoms with Gasteiger partial charge in [-0.1, -0.05) is 19.1 Å². The average Bonchev–Trinajstić information content (AvgIpc) is 2.99. The summed E-state index contributed by atoms with van der Waals surface area (Å²) in [4.78, 5) is 16.8. The van der Waals surface area contributed by atoms with Gasteiger partial charge in [-0.25, -0.2) is 0 Å². The fourth-order valence-electron chi connectivity index (χ4n) is 3.64. The van der Waals surface area contributed by atoms with Gasteiger partial charge in [-0.3, -0.25) is 9.69 Å². The van der Waals surface area contributed by atoms with Gasteiger partial charge in [-0.15, -0.1) is 0 Å². The molecule has 0 radical (unpaired) electrons. The standard InChI is InChI=1S/C17H24N2O2/c1-2-17(20)19-15-6-3-7-16(19)12-18(11-15)9-4-5-14-8-10-21-13-14/h4-5,8,10,13,15-16H,2-3,6-7,9,11-12H2,1H3/b5-4+. The lowest BCUT2D eigenvalue weighted by atomic mass is 9.91. The Balaban J connectivity index is 1.59. The number of piperazine rings is 1. The number of carbonyl (C=O) groups excluding carboxylic acids is 1. The van der Waals surface area contributed by atoms with Gasteiger partial charge in [0, 0.05) is 43.7 Å². The number of hydrogen-bond donors (Lipinski definition) is 0. The van der Waals surface area contributed by atoms with Crippen molar-refractivity contribution in [3.8, 4) is 0 Å². The van der Waals surface area contributed by atoms with Gasteiger partial charge in [0.15, 0.2) is 0 Å². The Morgan fingerprint density at radius 3 is 2.76 bits per heavy atom. The molecule has 2 atom stereocenters. The number of rotatable bonds is 4. The molecule has 3 rings (SSSR count). The Bertz CT molecular complexity index is 481. The summed E-state index contributed by atoms with van der Waals surface area (Å²) in [6.45, 7) is 4.94. The molecule has 0 N–H and O–H groups in total. The summed E-state index contributed by atoms with van der Waals surface area (Å²) >= 11 is 0. The largest absolute Gasteiger partial charge is 0.472 e. The molecular formula is C17H24N2O2. The zero-order valence-corrected chi connectivity index (χ0v) is 12.7. The van der Waals surface area contributed by atoms with Crippen LogP contribution in [0.2, 0.25) is 0 Å². The van der Waals surface area contributed by atoms with Crippen LogP contribution in [0.15, 0.2) is 29.1 Å².